The Labute approximate surface area is 142 Å². The van der Waals surface area contributed by atoms with Gasteiger partial charge in [0.15, 0.2) is 0 Å². The van der Waals surface area contributed by atoms with Gasteiger partial charge in [0, 0.05) is 25.2 Å². The highest BCUT2D eigenvalue weighted by Crippen LogP contribution is 2.24. The summed E-state index contributed by atoms with van der Waals surface area (Å²) in [5, 5.41) is 0. The molecule has 0 radical (unpaired) electrons. The largest absolute Gasteiger partial charge is 0.369 e. The van der Waals surface area contributed by atoms with Crippen molar-refractivity contribution >= 4 is 27.5 Å². The predicted octanol–water partition coefficient (Wildman–Crippen LogP) is 0.945. The molecule has 0 unspecified atom stereocenters. The summed E-state index contributed by atoms with van der Waals surface area (Å²) in [4.78, 5) is 24.7. The van der Waals surface area contributed by atoms with Crippen LogP contribution in [0.3, 0.4) is 0 Å². The van der Waals surface area contributed by atoms with Crippen LogP contribution in [0.2, 0.25) is 0 Å². The second-order valence-electron chi connectivity index (χ2n) is 6.30. The summed E-state index contributed by atoms with van der Waals surface area (Å²) in [7, 11) is -3.82. The number of carbonyl (C=O) groups is 2. The maximum absolute atomic E-state index is 12.7. The molecule has 24 heavy (non-hydrogen) atoms. The summed E-state index contributed by atoms with van der Waals surface area (Å²) in [6.07, 6.45) is 1.32. The molecule has 0 aromatic heterocycles. The third-order valence-corrected chi connectivity index (χ3v) is 5.59. The van der Waals surface area contributed by atoms with Gasteiger partial charge in [-0.2, -0.15) is 4.31 Å². The Morgan fingerprint density at radius 3 is 2.38 bits per heavy atom. The molecular weight excluding hydrogens is 330 g/mol. The third-order valence-electron chi connectivity index (χ3n) is 3.76. The van der Waals surface area contributed by atoms with Crippen molar-refractivity contribution < 1.29 is 18.0 Å². The maximum atomic E-state index is 12.7. The lowest BCUT2D eigenvalue weighted by Crippen LogP contribution is -2.40. The molecule has 8 heteroatoms. The van der Waals surface area contributed by atoms with Crippen LogP contribution in [0.4, 0.5) is 5.69 Å². The Morgan fingerprint density at radius 1 is 1.29 bits per heavy atom. The molecule has 132 valence electrons. The number of primary amides is 1. The maximum Gasteiger partial charge on any atom is 0.243 e. The Bertz CT molecular complexity index is 713. The van der Waals surface area contributed by atoms with E-state index in [4.69, 9.17) is 5.73 Å². The van der Waals surface area contributed by atoms with Crippen LogP contribution in [0, 0.1) is 5.92 Å². The summed E-state index contributed by atoms with van der Waals surface area (Å²) in [5.41, 5.74) is 5.86. The normalized spacial score (nSPS) is 15.5. The van der Waals surface area contributed by atoms with E-state index < -0.39 is 15.9 Å². The lowest BCUT2D eigenvalue weighted by atomic mass is 10.2. The number of benzene rings is 1. The zero-order chi connectivity index (χ0) is 17.9. The number of nitrogens with zero attached hydrogens (tertiary/aromatic N) is 2. The first kappa shape index (κ1) is 18.4. The van der Waals surface area contributed by atoms with Crippen molar-refractivity contribution in [2.45, 2.75) is 31.6 Å². The quantitative estimate of drug-likeness (QED) is 0.788. The van der Waals surface area contributed by atoms with Gasteiger partial charge >= 0.3 is 0 Å². The number of anilines is 1. The molecule has 2 rings (SSSR count). The van der Waals surface area contributed by atoms with Crippen molar-refractivity contribution in [1.29, 1.82) is 0 Å². The van der Waals surface area contributed by atoms with Gasteiger partial charge in [-0.25, -0.2) is 8.42 Å². The number of carbonyl (C=O) groups excluding carboxylic acids is 2. The van der Waals surface area contributed by atoms with Gasteiger partial charge in [-0.05, 0) is 36.6 Å². The van der Waals surface area contributed by atoms with Gasteiger partial charge in [0.25, 0.3) is 0 Å². The molecule has 1 aromatic rings. The van der Waals surface area contributed by atoms with Gasteiger partial charge in [-0.3, -0.25) is 9.59 Å². The summed E-state index contributed by atoms with van der Waals surface area (Å²) >= 11 is 0. The van der Waals surface area contributed by atoms with Crippen LogP contribution in [0.1, 0.15) is 26.7 Å². The van der Waals surface area contributed by atoms with E-state index in [9.17, 15) is 18.0 Å². The Balaban J connectivity index is 2.26. The van der Waals surface area contributed by atoms with Crippen molar-refractivity contribution in [2.75, 3.05) is 24.5 Å². The number of nitrogens with two attached hydrogens (primary N) is 1. The zero-order valence-electron chi connectivity index (χ0n) is 13.9. The van der Waals surface area contributed by atoms with Crippen LogP contribution in [-0.4, -0.2) is 44.2 Å². The molecule has 0 spiro atoms. The first-order valence-electron chi connectivity index (χ1n) is 7.90. The molecule has 1 aromatic carbocycles. The molecule has 2 amide bonds. The van der Waals surface area contributed by atoms with Crippen LogP contribution in [0.5, 0.6) is 0 Å². The zero-order valence-corrected chi connectivity index (χ0v) is 14.8. The Morgan fingerprint density at radius 2 is 1.92 bits per heavy atom. The van der Waals surface area contributed by atoms with Crippen molar-refractivity contribution in [3.05, 3.63) is 24.3 Å². The molecule has 1 saturated heterocycles. The molecule has 0 atom stereocenters. The smallest absolute Gasteiger partial charge is 0.243 e. The number of hydrogen-bond acceptors (Lipinski definition) is 4. The fraction of sp³-hybridized carbons (Fsp3) is 0.500. The SMILES string of the molecule is CC(C)CN(CC(N)=O)S(=O)(=O)c1ccc(N2CCCC2=O)cc1. The first-order chi connectivity index (χ1) is 11.2. The minimum absolute atomic E-state index is 0.0424. The molecule has 1 aliphatic rings. The number of hydrogen-bond donors (Lipinski definition) is 1. The fourth-order valence-corrected chi connectivity index (χ4v) is 4.27. The van der Waals surface area contributed by atoms with Crippen molar-refractivity contribution in [3.63, 3.8) is 0 Å². The number of amides is 2. The molecular formula is C16H23N3O4S. The monoisotopic (exact) mass is 353 g/mol. The van der Waals surface area contributed by atoms with Crippen LogP contribution in [0.15, 0.2) is 29.2 Å². The Kier molecular flexibility index (Phi) is 5.61. The molecule has 0 saturated carbocycles. The van der Waals surface area contributed by atoms with E-state index in [0.29, 0.717) is 18.7 Å². The molecule has 1 aliphatic heterocycles. The summed E-state index contributed by atoms with van der Waals surface area (Å²) in [6, 6.07) is 6.16. The minimum atomic E-state index is -3.82. The third kappa shape index (κ3) is 4.12. The van der Waals surface area contributed by atoms with E-state index in [0.717, 1.165) is 10.7 Å². The summed E-state index contributed by atoms with van der Waals surface area (Å²) in [6.45, 7) is 4.23. The minimum Gasteiger partial charge on any atom is -0.369 e. The standard InChI is InChI=1S/C16H23N3O4S/c1-12(2)10-18(11-15(17)20)24(22,23)14-7-5-13(6-8-14)19-9-3-4-16(19)21/h5-8,12H,3-4,9-11H2,1-2H3,(H2,17,20). The highest BCUT2D eigenvalue weighted by Gasteiger charge is 2.27. The Hall–Kier alpha value is -1.93. The average molecular weight is 353 g/mol. The van der Waals surface area contributed by atoms with E-state index in [1.807, 2.05) is 13.8 Å². The fourth-order valence-electron chi connectivity index (χ4n) is 2.70. The number of sulfonamides is 1. The van der Waals surface area contributed by atoms with E-state index in [-0.39, 0.29) is 29.8 Å². The molecule has 0 bridgehead atoms. The second kappa shape index (κ2) is 7.31. The lowest BCUT2D eigenvalue weighted by Gasteiger charge is -2.23. The molecule has 1 heterocycles. The molecule has 7 nitrogen and oxygen atoms in total. The van der Waals surface area contributed by atoms with E-state index in [2.05, 4.69) is 0 Å². The average Bonchev–Trinajstić information content (AvgIpc) is 2.92. The van der Waals surface area contributed by atoms with Gasteiger partial charge < -0.3 is 10.6 Å². The highest BCUT2D eigenvalue weighted by molar-refractivity contribution is 7.89. The summed E-state index contributed by atoms with van der Waals surface area (Å²) in [5.74, 6) is -0.597. The lowest BCUT2D eigenvalue weighted by molar-refractivity contribution is -0.118. The van der Waals surface area contributed by atoms with Gasteiger partial charge in [0.2, 0.25) is 21.8 Å². The van der Waals surface area contributed by atoms with Crippen LogP contribution in [-0.2, 0) is 19.6 Å². The van der Waals surface area contributed by atoms with Crippen molar-refractivity contribution in [3.8, 4) is 0 Å². The van der Waals surface area contributed by atoms with Crippen molar-refractivity contribution in [2.24, 2.45) is 11.7 Å². The molecule has 2 N–H and O–H groups in total. The van der Waals surface area contributed by atoms with Crippen molar-refractivity contribution in [1.82, 2.24) is 4.31 Å². The topological polar surface area (TPSA) is 101 Å². The van der Waals surface area contributed by atoms with E-state index in [1.54, 1.807) is 17.0 Å². The van der Waals surface area contributed by atoms with E-state index >= 15 is 0 Å². The first-order valence-corrected chi connectivity index (χ1v) is 9.34. The number of rotatable bonds is 7. The van der Waals surface area contributed by atoms with E-state index in [1.165, 1.54) is 12.1 Å². The molecule has 1 fully saturated rings. The van der Waals surface area contributed by atoms with Gasteiger partial charge in [0.05, 0.1) is 11.4 Å². The molecule has 0 aliphatic carbocycles. The second-order valence-corrected chi connectivity index (χ2v) is 8.24. The van der Waals surface area contributed by atoms with Gasteiger partial charge in [-0.15, -0.1) is 0 Å². The van der Waals surface area contributed by atoms with Gasteiger partial charge in [-0.1, -0.05) is 13.8 Å². The summed E-state index contributed by atoms with van der Waals surface area (Å²) < 4.78 is 26.6. The van der Waals surface area contributed by atoms with Gasteiger partial charge in [0.1, 0.15) is 0 Å². The predicted molar refractivity (Wildman–Crippen MR) is 90.8 cm³/mol. The van der Waals surface area contributed by atoms with Crippen LogP contribution < -0.4 is 10.6 Å². The highest BCUT2D eigenvalue weighted by atomic mass is 32.2. The van der Waals surface area contributed by atoms with Crippen LogP contribution >= 0.6 is 0 Å². The van der Waals surface area contributed by atoms with Crippen LogP contribution in [0.25, 0.3) is 0 Å².